The molecule has 0 radical (unpaired) electrons. The highest BCUT2D eigenvalue weighted by atomic mass is 16.6. The van der Waals surface area contributed by atoms with Gasteiger partial charge in [0.05, 0.1) is 6.54 Å². The van der Waals surface area contributed by atoms with Crippen LogP contribution in [0.4, 0.5) is 0 Å². The van der Waals surface area contributed by atoms with Gasteiger partial charge in [-0.3, -0.25) is 0 Å². The molecule has 3 nitrogen and oxygen atoms in total. The zero-order valence-electron chi connectivity index (χ0n) is 11.6. The van der Waals surface area contributed by atoms with Crippen LogP contribution in [-0.2, 0) is 6.54 Å². The molecule has 1 aliphatic carbocycles. The number of nitrogens with two attached hydrogens (primary N) is 1. The lowest BCUT2D eigenvalue weighted by molar-refractivity contribution is -0.676. The molecule has 1 aromatic carbocycles. The third-order valence-corrected chi connectivity index (χ3v) is 4.21. The van der Waals surface area contributed by atoms with E-state index in [9.17, 15) is 0 Å². The van der Waals surface area contributed by atoms with Crippen LogP contribution in [0, 0.1) is 5.92 Å². The quantitative estimate of drug-likeness (QED) is 0.902. The summed E-state index contributed by atoms with van der Waals surface area (Å²) in [6, 6.07) is 6.33. The molecule has 0 atom stereocenters. The Hall–Kier alpha value is -1.22. The molecule has 0 amide bonds. The number of rotatable bonds is 4. The molecule has 1 saturated carbocycles. The smallest absolute Gasteiger partial charge is 0.161 e. The van der Waals surface area contributed by atoms with E-state index in [-0.39, 0.29) is 0 Å². The molecule has 0 aromatic heterocycles. The minimum Gasteiger partial charge on any atom is -0.486 e. The molecule has 3 heteroatoms. The topological polar surface area (TPSA) is 35.1 Å². The molecule has 2 aliphatic rings. The second-order valence-corrected chi connectivity index (χ2v) is 5.71. The van der Waals surface area contributed by atoms with Crippen LogP contribution >= 0.6 is 0 Å². The standard InChI is InChI=1S/C16H23NO2/c1-2-4-13(5-3-1)11-17-12-14-6-7-15-16(10-14)19-9-8-18-15/h6-7,10,13,17H,1-5,8-9,11-12H2/p+1. The first kappa shape index (κ1) is 12.8. The third-order valence-electron chi connectivity index (χ3n) is 4.21. The van der Waals surface area contributed by atoms with Crippen molar-refractivity contribution in [3.8, 4) is 11.5 Å². The molecule has 3 rings (SSSR count). The maximum absolute atomic E-state index is 5.62. The Morgan fingerprint density at radius 2 is 1.79 bits per heavy atom. The van der Waals surface area contributed by atoms with E-state index in [0.29, 0.717) is 13.2 Å². The molecular formula is C16H24NO2+. The number of ether oxygens (including phenoxy) is 2. The molecule has 1 heterocycles. The van der Waals surface area contributed by atoms with Crippen molar-refractivity contribution in [3.63, 3.8) is 0 Å². The monoisotopic (exact) mass is 262 g/mol. The molecule has 1 aromatic rings. The van der Waals surface area contributed by atoms with Gasteiger partial charge in [-0.05, 0) is 31.0 Å². The Bertz CT molecular complexity index is 413. The first-order valence-electron chi connectivity index (χ1n) is 7.62. The average Bonchev–Trinajstić information content (AvgIpc) is 2.48. The van der Waals surface area contributed by atoms with Crippen molar-refractivity contribution >= 4 is 0 Å². The Labute approximate surface area is 115 Å². The van der Waals surface area contributed by atoms with Gasteiger partial charge in [-0.2, -0.15) is 0 Å². The van der Waals surface area contributed by atoms with E-state index in [2.05, 4.69) is 17.4 Å². The second kappa shape index (κ2) is 6.29. The summed E-state index contributed by atoms with van der Waals surface area (Å²) < 4.78 is 11.2. The van der Waals surface area contributed by atoms with Crippen molar-refractivity contribution in [2.75, 3.05) is 19.8 Å². The van der Waals surface area contributed by atoms with E-state index in [4.69, 9.17) is 9.47 Å². The van der Waals surface area contributed by atoms with Gasteiger partial charge in [0.2, 0.25) is 0 Å². The third kappa shape index (κ3) is 3.41. The number of hydrogen-bond donors (Lipinski definition) is 1. The Morgan fingerprint density at radius 3 is 2.63 bits per heavy atom. The highest BCUT2D eigenvalue weighted by Crippen LogP contribution is 2.30. The number of fused-ring (bicyclic) bond motifs is 1. The number of benzene rings is 1. The summed E-state index contributed by atoms with van der Waals surface area (Å²) in [5.41, 5.74) is 1.33. The van der Waals surface area contributed by atoms with Gasteiger partial charge in [0.15, 0.2) is 11.5 Å². The first-order valence-corrected chi connectivity index (χ1v) is 7.62. The van der Waals surface area contributed by atoms with Gasteiger partial charge >= 0.3 is 0 Å². The van der Waals surface area contributed by atoms with E-state index in [1.807, 2.05) is 6.07 Å². The minimum atomic E-state index is 0.667. The summed E-state index contributed by atoms with van der Waals surface area (Å²) in [5.74, 6) is 2.74. The molecule has 104 valence electrons. The fraction of sp³-hybridized carbons (Fsp3) is 0.625. The summed E-state index contributed by atoms with van der Waals surface area (Å²) in [6.07, 6.45) is 7.17. The van der Waals surface area contributed by atoms with Crippen LogP contribution in [0.1, 0.15) is 37.7 Å². The second-order valence-electron chi connectivity index (χ2n) is 5.71. The molecule has 0 saturated heterocycles. The van der Waals surface area contributed by atoms with E-state index in [0.717, 1.165) is 24.0 Å². The lowest BCUT2D eigenvalue weighted by Crippen LogP contribution is -2.84. The first-order chi connectivity index (χ1) is 9.42. The van der Waals surface area contributed by atoms with E-state index < -0.39 is 0 Å². The number of hydrogen-bond acceptors (Lipinski definition) is 2. The fourth-order valence-corrected chi connectivity index (χ4v) is 3.12. The van der Waals surface area contributed by atoms with Crippen LogP contribution < -0.4 is 14.8 Å². The van der Waals surface area contributed by atoms with Crippen LogP contribution in [0.15, 0.2) is 18.2 Å². The van der Waals surface area contributed by atoms with Gasteiger partial charge in [0.1, 0.15) is 19.8 Å². The average molecular weight is 262 g/mol. The van der Waals surface area contributed by atoms with Crippen molar-refractivity contribution in [2.24, 2.45) is 5.92 Å². The molecular weight excluding hydrogens is 238 g/mol. The maximum atomic E-state index is 5.62. The molecule has 0 bridgehead atoms. The lowest BCUT2D eigenvalue weighted by atomic mass is 9.89. The van der Waals surface area contributed by atoms with Crippen molar-refractivity contribution in [1.29, 1.82) is 0 Å². The van der Waals surface area contributed by atoms with Crippen LogP contribution in [0.3, 0.4) is 0 Å². The Morgan fingerprint density at radius 1 is 1.00 bits per heavy atom. The summed E-state index contributed by atoms with van der Waals surface area (Å²) in [7, 11) is 0. The van der Waals surface area contributed by atoms with Gasteiger partial charge in [0.25, 0.3) is 0 Å². The van der Waals surface area contributed by atoms with Gasteiger partial charge in [-0.1, -0.05) is 19.3 Å². The zero-order chi connectivity index (χ0) is 12.9. The number of quaternary nitrogens is 1. The normalized spacial score (nSPS) is 19.4. The van der Waals surface area contributed by atoms with Crippen LogP contribution in [0.5, 0.6) is 11.5 Å². The summed E-state index contributed by atoms with van der Waals surface area (Å²) >= 11 is 0. The summed E-state index contributed by atoms with van der Waals surface area (Å²) in [6.45, 7) is 3.66. The predicted molar refractivity (Wildman–Crippen MR) is 74.5 cm³/mol. The van der Waals surface area contributed by atoms with Crippen LogP contribution in [-0.4, -0.2) is 19.8 Å². The summed E-state index contributed by atoms with van der Waals surface area (Å²) in [5, 5.41) is 2.45. The summed E-state index contributed by atoms with van der Waals surface area (Å²) in [4.78, 5) is 0. The van der Waals surface area contributed by atoms with Crippen LogP contribution in [0.2, 0.25) is 0 Å². The van der Waals surface area contributed by atoms with Crippen molar-refractivity contribution in [3.05, 3.63) is 23.8 Å². The van der Waals surface area contributed by atoms with Crippen molar-refractivity contribution in [1.82, 2.24) is 0 Å². The van der Waals surface area contributed by atoms with E-state index >= 15 is 0 Å². The fourth-order valence-electron chi connectivity index (χ4n) is 3.12. The molecule has 0 unspecified atom stereocenters. The predicted octanol–water partition coefficient (Wildman–Crippen LogP) is 2.10. The van der Waals surface area contributed by atoms with Crippen LogP contribution in [0.25, 0.3) is 0 Å². The van der Waals surface area contributed by atoms with E-state index in [1.54, 1.807) is 0 Å². The van der Waals surface area contributed by atoms with Crippen molar-refractivity contribution in [2.45, 2.75) is 38.6 Å². The van der Waals surface area contributed by atoms with Gasteiger partial charge in [-0.15, -0.1) is 0 Å². The zero-order valence-corrected chi connectivity index (χ0v) is 11.6. The van der Waals surface area contributed by atoms with Gasteiger partial charge in [-0.25, -0.2) is 0 Å². The van der Waals surface area contributed by atoms with Gasteiger partial charge < -0.3 is 14.8 Å². The molecule has 1 aliphatic heterocycles. The minimum absolute atomic E-state index is 0.667. The lowest BCUT2D eigenvalue weighted by Gasteiger charge is -2.20. The highest BCUT2D eigenvalue weighted by Gasteiger charge is 2.15. The molecule has 2 N–H and O–H groups in total. The maximum Gasteiger partial charge on any atom is 0.161 e. The van der Waals surface area contributed by atoms with Crippen molar-refractivity contribution < 1.29 is 14.8 Å². The Balaban J connectivity index is 1.49. The molecule has 0 spiro atoms. The molecule has 1 fully saturated rings. The SMILES string of the molecule is c1cc2c(cc1C[NH2+]CC1CCCCC1)OCCO2. The largest absolute Gasteiger partial charge is 0.486 e. The highest BCUT2D eigenvalue weighted by molar-refractivity contribution is 5.43. The van der Waals surface area contributed by atoms with Gasteiger partial charge in [0, 0.05) is 11.5 Å². The molecule has 19 heavy (non-hydrogen) atoms. The van der Waals surface area contributed by atoms with E-state index in [1.165, 1.54) is 44.2 Å². The Kier molecular flexibility index (Phi) is 4.23.